The Morgan fingerprint density at radius 1 is 1.25 bits per heavy atom. The number of halogens is 1. The Kier molecular flexibility index (Phi) is 6.57. The van der Waals surface area contributed by atoms with E-state index in [1.54, 1.807) is 12.0 Å². The Morgan fingerprint density at radius 2 is 1.96 bits per heavy atom. The Hall–Kier alpha value is -2.53. The number of hydrogen-bond acceptors (Lipinski definition) is 4. The second kappa shape index (κ2) is 9.11. The molecule has 2 aromatic carbocycles. The van der Waals surface area contributed by atoms with E-state index in [0.29, 0.717) is 24.5 Å². The van der Waals surface area contributed by atoms with Crippen molar-refractivity contribution in [2.75, 3.05) is 13.7 Å². The van der Waals surface area contributed by atoms with Gasteiger partial charge in [-0.2, -0.15) is 0 Å². The van der Waals surface area contributed by atoms with Crippen molar-refractivity contribution in [3.8, 4) is 5.75 Å². The van der Waals surface area contributed by atoms with Crippen molar-refractivity contribution in [1.29, 1.82) is 0 Å². The molecule has 0 bridgehead atoms. The van der Waals surface area contributed by atoms with Gasteiger partial charge in [-0.05, 0) is 23.8 Å². The smallest absolute Gasteiger partial charge is 0.225 e. The number of hydrogen-bond donors (Lipinski definition) is 0. The highest BCUT2D eigenvalue weighted by Crippen LogP contribution is 2.26. The first-order valence-corrected chi connectivity index (χ1v) is 9.75. The van der Waals surface area contributed by atoms with Gasteiger partial charge in [0.2, 0.25) is 5.91 Å². The van der Waals surface area contributed by atoms with Crippen LogP contribution < -0.4 is 4.74 Å². The molecule has 1 heterocycles. The zero-order chi connectivity index (χ0) is 20.1. The number of carbonyl (C=O) groups excluding carboxylic acids is 1. The summed E-state index contributed by atoms with van der Waals surface area (Å²) in [6.45, 7) is 4.69. The molecule has 0 radical (unpaired) electrons. The van der Waals surface area contributed by atoms with Crippen LogP contribution in [0.3, 0.4) is 0 Å². The van der Waals surface area contributed by atoms with Gasteiger partial charge in [0, 0.05) is 29.5 Å². The van der Waals surface area contributed by atoms with Crippen molar-refractivity contribution < 1.29 is 14.4 Å². The Balaban J connectivity index is 1.72. The molecule has 1 amide bonds. The third-order valence-electron chi connectivity index (χ3n) is 4.70. The van der Waals surface area contributed by atoms with Gasteiger partial charge in [-0.3, -0.25) is 4.79 Å². The number of oxime groups is 1. The van der Waals surface area contributed by atoms with Crippen LogP contribution in [0.1, 0.15) is 31.4 Å². The molecule has 3 rings (SSSR count). The Morgan fingerprint density at radius 3 is 2.68 bits per heavy atom. The lowest BCUT2D eigenvalue weighted by atomic mass is 10.0. The van der Waals surface area contributed by atoms with Crippen LogP contribution in [0.15, 0.2) is 53.7 Å². The fourth-order valence-electron chi connectivity index (χ4n) is 3.24. The van der Waals surface area contributed by atoms with E-state index in [0.717, 1.165) is 22.6 Å². The van der Waals surface area contributed by atoms with Crippen LogP contribution in [0.4, 0.5) is 0 Å². The lowest BCUT2D eigenvalue weighted by Crippen LogP contribution is -2.39. The lowest BCUT2D eigenvalue weighted by Gasteiger charge is -2.27. The van der Waals surface area contributed by atoms with Crippen LogP contribution >= 0.6 is 11.6 Å². The molecule has 1 aliphatic heterocycles. The Bertz CT molecular complexity index is 866. The molecule has 148 valence electrons. The normalized spacial score (nSPS) is 15.9. The van der Waals surface area contributed by atoms with E-state index in [-0.39, 0.29) is 17.9 Å². The van der Waals surface area contributed by atoms with Crippen molar-refractivity contribution in [3.05, 3.63) is 64.7 Å². The van der Waals surface area contributed by atoms with Gasteiger partial charge in [-0.25, -0.2) is 0 Å². The highest BCUT2D eigenvalue weighted by Gasteiger charge is 2.29. The first-order valence-electron chi connectivity index (χ1n) is 9.38. The van der Waals surface area contributed by atoms with Crippen molar-refractivity contribution in [3.63, 3.8) is 0 Å². The zero-order valence-electron chi connectivity index (χ0n) is 16.4. The topological polar surface area (TPSA) is 51.1 Å². The van der Waals surface area contributed by atoms with Gasteiger partial charge < -0.3 is 14.5 Å². The number of rotatable bonds is 7. The lowest BCUT2D eigenvalue weighted by molar-refractivity contribution is -0.136. The summed E-state index contributed by atoms with van der Waals surface area (Å²) in [5, 5.41) is 4.91. The number of benzene rings is 2. The predicted octanol–water partition coefficient (Wildman–Crippen LogP) is 4.53. The van der Waals surface area contributed by atoms with E-state index in [9.17, 15) is 4.79 Å². The van der Waals surface area contributed by atoms with Gasteiger partial charge in [-0.15, -0.1) is 0 Å². The van der Waals surface area contributed by atoms with Crippen molar-refractivity contribution >= 4 is 23.2 Å². The number of methoxy groups -OCH3 is 1. The summed E-state index contributed by atoms with van der Waals surface area (Å²) in [7, 11) is 1.64. The molecular formula is C22H25ClN2O3. The Labute approximate surface area is 170 Å². The second-order valence-electron chi connectivity index (χ2n) is 7.13. The fourth-order valence-corrected chi connectivity index (χ4v) is 3.44. The summed E-state index contributed by atoms with van der Waals surface area (Å²) in [6, 6.07) is 15.3. The number of para-hydroxylation sites is 1. The minimum atomic E-state index is -0.204. The molecule has 0 spiro atoms. The van der Waals surface area contributed by atoms with Crippen LogP contribution in [-0.2, 0) is 16.2 Å². The summed E-state index contributed by atoms with van der Waals surface area (Å²) < 4.78 is 5.42. The van der Waals surface area contributed by atoms with Crippen molar-refractivity contribution in [2.24, 2.45) is 11.1 Å². The average Bonchev–Trinajstić information content (AvgIpc) is 3.16. The largest absolute Gasteiger partial charge is 0.496 e. The molecule has 28 heavy (non-hydrogen) atoms. The van der Waals surface area contributed by atoms with E-state index in [1.165, 1.54) is 0 Å². The van der Waals surface area contributed by atoms with Gasteiger partial charge in [0.25, 0.3) is 0 Å². The maximum absolute atomic E-state index is 12.8. The maximum Gasteiger partial charge on any atom is 0.225 e. The molecule has 2 aromatic rings. The monoisotopic (exact) mass is 400 g/mol. The van der Waals surface area contributed by atoms with E-state index in [4.69, 9.17) is 21.2 Å². The van der Waals surface area contributed by atoms with Gasteiger partial charge in [0.15, 0.2) is 6.10 Å². The van der Waals surface area contributed by atoms with E-state index >= 15 is 0 Å². The highest BCUT2D eigenvalue weighted by molar-refractivity contribution is 6.31. The van der Waals surface area contributed by atoms with Gasteiger partial charge in [-0.1, -0.05) is 60.9 Å². The third-order valence-corrected chi connectivity index (χ3v) is 5.07. The molecule has 0 aliphatic carbocycles. The quantitative estimate of drug-likeness (QED) is 0.686. The highest BCUT2D eigenvalue weighted by atomic mass is 35.5. The standard InChI is InChI=1S/C22H25ClN2O3/c1-15(2)22(26)25(13-16-8-4-6-10-19(16)23)14-17-12-20(24-28-17)18-9-5-7-11-21(18)27-3/h4-11,15,17H,12-14H2,1-3H3. The SMILES string of the molecule is COc1ccccc1C1=NOC(CN(Cc2ccccc2Cl)C(=O)C(C)C)C1. The summed E-state index contributed by atoms with van der Waals surface area (Å²) in [5.41, 5.74) is 2.67. The molecule has 1 atom stereocenters. The predicted molar refractivity (Wildman–Crippen MR) is 111 cm³/mol. The summed E-state index contributed by atoms with van der Waals surface area (Å²) in [6.07, 6.45) is 0.412. The molecule has 1 aliphatic rings. The fraction of sp³-hybridized carbons (Fsp3) is 0.364. The zero-order valence-corrected chi connectivity index (χ0v) is 17.1. The molecule has 6 heteroatoms. The minimum Gasteiger partial charge on any atom is -0.496 e. The third kappa shape index (κ3) is 4.65. The van der Waals surface area contributed by atoms with Crippen LogP contribution in [-0.4, -0.2) is 36.3 Å². The average molecular weight is 401 g/mol. The van der Waals surface area contributed by atoms with Gasteiger partial charge >= 0.3 is 0 Å². The van der Waals surface area contributed by atoms with Crippen LogP contribution in [0.2, 0.25) is 5.02 Å². The number of nitrogens with zero attached hydrogens (tertiary/aromatic N) is 2. The second-order valence-corrected chi connectivity index (χ2v) is 7.54. The van der Waals surface area contributed by atoms with Crippen LogP contribution in [0.5, 0.6) is 5.75 Å². The molecule has 0 fully saturated rings. The van der Waals surface area contributed by atoms with Crippen molar-refractivity contribution in [1.82, 2.24) is 4.90 Å². The van der Waals surface area contributed by atoms with E-state index < -0.39 is 0 Å². The molecule has 1 unspecified atom stereocenters. The molecule has 0 aromatic heterocycles. The van der Waals surface area contributed by atoms with Crippen LogP contribution in [0, 0.1) is 5.92 Å². The first-order chi connectivity index (χ1) is 13.5. The maximum atomic E-state index is 12.8. The van der Waals surface area contributed by atoms with E-state index in [1.807, 2.05) is 62.4 Å². The minimum absolute atomic E-state index is 0.0641. The molecule has 5 nitrogen and oxygen atoms in total. The van der Waals surface area contributed by atoms with Gasteiger partial charge in [0.1, 0.15) is 5.75 Å². The molecule has 0 saturated heterocycles. The number of carbonyl (C=O) groups is 1. The summed E-state index contributed by atoms with van der Waals surface area (Å²) >= 11 is 6.30. The van der Waals surface area contributed by atoms with Crippen molar-refractivity contribution in [2.45, 2.75) is 32.9 Å². The summed E-state index contributed by atoms with van der Waals surface area (Å²) in [5.74, 6) is 0.712. The molecular weight excluding hydrogens is 376 g/mol. The number of ether oxygens (including phenoxy) is 1. The number of amides is 1. The molecule has 0 saturated carbocycles. The molecule has 0 N–H and O–H groups in total. The van der Waals surface area contributed by atoms with E-state index in [2.05, 4.69) is 5.16 Å². The summed E-state index contributed by atoms with van der Waals surface area (Å²) in [4.78, 5) is 20.2. The van der Waals surface area contributed by atoms with Gasteiger partial charge in [0.05, 0.1) is 19.4 Å². The first kappa shape index (κ1) is 20.2. The van der Waals surface area contributed by atoms with Crippen LogP contribution in [0.25, 0.3) is 0 Å².